The summed E-state index contributed by atoms with van der Waals surface area (Å²) in [5.41, 5.74) is 5.81. The van der Waals surface area contributed by atoms with Crippen molar-refractivity contribution in [3.63, 3.8) is 0 Å². The van der Waals surface area contributed by atoms with Crippen molar-refractivity contribution in [2.24, 2.45) is 41.2 Å². The predicted molar refractivity (Wildman–Crippen MR) is 78.9 cm³/mol. The van der Waals surface area contributed by atoms with E-state index in [4.69, 9.17) is 5.73 Å². The first kappa shape index (κ1) is 17.0. The molecule has 0 aliphatic rings. The van der Waals surface area contributed by atoms with Crippen LogP contribution in [-0.2, 0) is 0 Å². The Morgan fingerprint density at radius 2 is 1.24 bits per heavy atom. The second-order valence-corrected chi connectivity index (χ2v) is 6.25. The van der Waals surface area contributed by atoms with Crippen molar-refractivity contribution >= 4 is 0 Å². The number of hydrogen-bond donors (Lipinski definition) is 1. The van der Waals surface area contributed by atoms with Gasteiger partial charge in [-0.25, -0.2) is 0 Å². The first-order valence-corrected chi connectivity index (χ1v) is 7.60. The van der Waals surface area contributed by atoms with Gasteiger partial charge in [0.25, 0.3) is 0 Å². The summed E-state index contributed by atoms with van der Waals surface area (Å²) in [7, 11) is 0. The molecule has 0 aromatic carbocycles. The molecular weight excluding hydrogens is 206 g/mol. The Bertz CT molecular complexity index is 190. The predicted octanol–water partition coefficient (Wildman–Crippen LogP) is 4.56. The van der Waals surface area contributed by atoms with E-state index in [0.29, 0.717) is 5.92 Å². The normalized spacial score (nSPS) is 22.6. The van der Waals surface area contributed by atoms with Crippen LogP contribution in [-0.4, -0.2) is 6.54 Å². The second-order valence-electron chi connectivity index (χ2n) is 6.25. The van der Waals surface area contributed by atoms with Gasteiger partial charge in [-0.15, -0.1) is 0 Å². The van der Waals surface area contributed by atoms with Crippen LogP contribution in [0.5, 0.6) is 0 Å². The van der Waals surface area contributed by atoms with Crippen molar-refractivity contribution in [3.05, 3.63) is 0 Å². The minimum absolute atomic E-state index is 0.641. The van der Waals surface area contributed by atoms with Gasteiger partial charge in [-0.1, -0.05) is 61.3 Å². The van der Waals surface area contributed by atoms with Crippen molar-refractivity contribution in [2.75, 3.05) is 6.54 Å². The van der Waals surface area contributed by atoms with Gasteiger partial charge in [-0.2, -0.15) is 0 Å². The Hall–Kier alpha value is -0.0400. The van der Waals surface area contributed by atoms with E-state index in [1.807, 2.05) is 0 Å². The van der Waals surface area contributed by atoms with Crippen LogP contribution in [0.2, 0.25) is 0 Å². The Morgan fingerprint density at radius 3 is 1.59 bits per heavy atom. The zero-order valence-corrected chi connectivity index (χ0v) is 13.2. The number of rotatable bonds is 8. The summed E-state index contributed by atoms with van der Waals surface area (Å²) in [5, 5.41) is 0. The SMILES string of the molecule is CCC([C@H](C)C(C)C(C)[C@H](C)CN)[C@@H](C)CC. The highest BCUT2D eigenvalue weighted by Gasteiger charge is 2.29. The van der Waals surface area contributed by atoms with Gasteiger partial charge in [0.05, 0.1) is 0 Å². The zero-order valence-electron chi connectivity index (χ0n) is 13.2. The molecule has 0 bridgehead atoms. The largest absolute Gasteiger partial charge is 0.330 e. The number of hydrogen-bond acceptors (Lipinski definition) is 1. The van der Waals surface area contributed by atoms with Crippen LogP contribution in [0.3, 0.4) is 0 Å². The van der Waals surface area contributed by atoms with Gasteiger partial charge in [0.15, 0.2) is 0 Å². The molecule has 0 amide bonds. The van der Waals surface area contributed by atoms with Crippen LogP contribution in [0.4, 0.5) is 0 Å². The third-order valence-corrected chi connectivity index (χ3v) is 5.45. The minimum atomic E-state index is 0.641. The summed E-state index contributed by atoms with van der Waals surface area (Å²) in [6.07, 6.45) is 2.61. The summed E-state index contributed by atoms with van der Waals surface area (Å²) in [5.74, 6) is 4.65. The van der Waals surface area contributed by atoms with Gasteiger partial charge in [0, 0.05) is 0 Å². The van der Waals surface area contributed by atoms with E-state index in [2.05, 4.69) is 48.5 Å². The molecule has 0 radical (unpaired) electrons. The van der Waals surface area contributed by atoms with Gasteiger partial charge >= 0.3 is 0 Å². The summed E-state index contributed by atoms with van der Waals surface area (Å²) in [4.78, 5) is 0. The zero-order chi connectivity index (χ0) is 13.6. The third-order valence-electron chi connectivity index (χ3n) is 5.45. The van der Waals surface area contributed by atoms with Crippen LogP contribution in [0.25, 0.3) is 0 Å². The lowest BCUT2D eigenvalue weighted by Crippen LogP contribution is -2.32. The minimum Gasteiger partial charge on any atom is -0.330 e. The van der Waals surface area contributed by atoms with Crippen molar-refractivity contribution < 1.29 is 0 Å². The molecule has 0 aliphatic heterocycles. The van der Waals surface area contributed by atoms with Crippen molar-refractivity contribution in [2.45, 2.75) is 61.3 Å². The third kappa shape index (κ3) is 4.62. The molecule has 6 atom stereocenters. The topological polar surface area (TPSA) is 26.0 Å². The molecule has 0 aliphatic carbocycles. The van der Waals surface area contributed by atoms with Crippen LogP contribution < -0.4 is 5.73 Å². The molecule has 0 fully saturated rings. The molecule has 1 heteroatoms. The molecule has 0 saturated heterocycles. The molecule has 0 spiro atoms. The molecule has 0 saturated carbocycles. The van der Waals surface area contributed by atoms with E-state index in [9.17, 15) is 0 Å². The summed E-state index contributed by atoms with van der Waals surface area (Å²) in [6.45, 7) is 17.4. The van der Waals surface area contributed by atoms with Gasteiger partial charge in [0.1, 0.15) is 0 Å². The lowest BCUT2D eigenvalue weighted by atomic mass is 9.69. The Balaban J connectivity index is 4.59. The molecule has 17 heavy (non-hydrogen) atoms. The van der Waals surface area contributed by atoms with Crippen LogP contribution in [0, 0.1) is 35.5 Å². The molecule has 1 nitrogen and oxygen atoms in total. The first-order valence-electron chi connectivity index (χ1n) is 7.60. The van der Waals surface area contributed by atoms with E-state index in [0.717, 1.165) is 36.1 Å². The standard InChI is InChI=1S/C16H35N/c1-8-11(3)16(9-2)15(7)14(6)13(5)12(4)10-17/h11-16H,8-10,17H2,1-7H3/t11-,12+,13?,14?,15+,16?/m0/s1. The molecule has 0 aromatic rings. The van der Waals surface area contributed by atoms with Gasteiger partial charge in [-0.3, -0.25) is 0 Å². The van der Waals surface area contributed by atoms with Crippen molar-refractivity contribution in [1.29, 1.82) is 0 Å². The maximum absolute atomic E-state index is 5.81. The van der Waals surface area contributed by atoms with Gasteiger partial charge in [0.2, 0.25) is 0 Å². The van der Waals surface area contributed by atoms with E-state index in [1.54, 1.807) is 0 Å². The maximum Gasteiger partial charge on any atom is -0.00489 e. The molecule has 3 unspecified atom stereocenters. The fourth-order valence-electron chi connectivity index (χ4n) is 3.20. The molecule has 0 rings (SSSR count). The average molecular weight is 241 g/mol. The summed E-state index contributed by atoms with van der Waals surface area (Å²) < 4.78 is 0. The average Bonchev–Trinajstić information content (AvgIpc) is 2.36. The Morgan fingerprint density at radius 1 is 0.706 bits per heavy atom. The highest BCUT2D eigenvalue weighted by Crippen LogP contribution is 2.36. The summed E-state index contributed by atoms with van der Waals surface area (Å²) >= 11 is 0. The number of nitrogens with two attached hydrogens (primary N) is 1. The molecule has 0 heterocycles. The second kappa shape index (κ2) is 8.13. The van der Waals surface area contributed by atoms with E-state index >= 15 is 0 Å². The quantitative estimate of drug-likeness (QED) is 0.662. The maximum atomic E-state index is 5.81. The fourth-order valence-corrected chi connectivity index (χ4v) is 3.20. The monoisotopic (exact) mass is 241 g/mol. The lowest BCUT2D eigenvalue weighted by Gasteiger charge is -2.37. The van der Waals surface area contributed by atoms with Crippen LogP contribution >= 0.6 is 0 Å². The fraction of sp³-hybridized carbons (Fsp3) is 1.00. The van der Waals surface area contributed by atoms with Gasteiger partial charge < -0.3 is 5.73 Å². The van der Waals surface area contributed by atoms with E-state index in [-0.39, 0.29) is 0 Å². The van der Waals surface area contributed by atoms with E-state index < -0.39 is 0 Å². The van der Waals surface area contributed by atoms with Crippen molar-refractivity contribution in [3.8, 4) is 0 Å². The molecular formula is C16H35N. The Kier molecular flexibility index (Phi) is 8.11. The Labute approximate surface area is 110 Å². The van der Waals surface area contributed by atoms with Crippen LogP contribution in [0.1, 0.15) is 61.3 Å². The highest BCUT2D eigenvalue weighted by molar-refractivity contribution is 4.79. The lowest BCUT2D eigenvalue weighted by molar-refractivity contribution is 0.126. The summed E-state index contributed by atoms with van der Waals surface area (Å²) in [6, 6.07) is 0. The smallest absolute Gasteiger partial charge is 0.00489 e. The van der Waals surface area contributed by atoms with E-state index in [1.165, 1.54) is 12.8 Å². The van der Waals surface area contributed by atoms with Gasteiger partial charge in [-0.05, 0) is 42.1 Å². The molecule has 2 N–H and O–H groups in total. The van der Waals surface area contributed by atoms with Crippen molar-refractivity contribution in [1.82, 2.24) is 0 Å². The molecule has 104 valence electrons. The highest BCUT2D eigenvalue weighted by atomic mass is 14.6. The molecule has 0 aromatic heterocycles. The van der Waals surface area contributed by atoms with Crippen LogP contribution in [0.15, 0.2) is 0 Å². The first-order chi connectivity index (χ1) is 7.90.